The van der Waals surface area contributed by atoms with Crippen LogP contribution in [0.1, 0.15) is 122 Å². The molecule has 0 rings (SSSR count). The first-order chi connectivity index (χ1) is 13.1. The molecule has 0 spiro atoms. The molecular formula is C22H40GdO5. The van der Waals surface area contributed by atoms with E-state index in [2.05, 4.69) is 11.7 Å². The number of esters is 2. The number of hydrogen-bond acceptors (Lipinski definition) is 4. The molecule has 0 amide bonds. The SMILES string of the molecule is CCCCCCCCCCCCCCCCCC(=O)OC(=O)CCC(=O)O.[Gd]. The van der Waals surface area contributed by atoms with E-state index in [-0.39, 0.29) is 59.2 Å². The smallest absolute Gasteiger partial charge is 0.314 e. The van der Waals surface area contributed by atoms with Crippen LogP contribution in [0.4, 0.5) is 0 Å². The standard InChI is InChI=1S/C22H40O5.Gd/c1-2-3-4-5-6-7-8-9-10-11-12-13-14-15-16-17-21(25)27-22(26)19-18-20(23)24;/h2-19H2,1H3,(H,23,24);. The minimum atomic E-state index is -1.07. The molecule has 0 saturated heterocycles. The van der Waals surface area contributed by atoms with Crippen molar-refractivity contribution < 1.29 is 64.2 Å². The van der Waals surface area contributed by atoms with Gasteiger partial charge in [0.25, 0.3) is 0 Å². The Hall–Kier alpha value is -0.0653. The summed E-state index contributed by atoms with van der Waals surface area (Å²) in [6.07, 6.45) is 18.6. The number of carboxylic acid groups (broad SMARTS) is 1. The molecule has 0 fully saturated rings. The Labute approximate surface area is 203 Å². The van der Waals surface area contributed by atoms with Gasteiger partial charge in [0.05, 0.1) is 12.8 Å². The monoisotopic (exact) mass is 542 g/mol. The van der Waals surface area contributed by atoms with Crippen LogP contribution in [0.2, 0.25) is 0 Å². The van der Waals surface area contributed by atoms with Crippen molar-refractivity contribution >= 4 is 17.9 Å². The molecule has 0 heterocycles. The number of rotatable bonds is 19. The number of ether oxygens (including phenoxy) is 1. The third kappa shape index (κ3) is 24.0. The predicted octanol–water partition coefficient (Wildman–Crippen LogP) is 6.18. The van der Waals surface area contributed by atoms with Crippen LogP contribution in [-0.4, -0.2) is 23.0 Å². The first-order valence-electron chi connectivity index (χ1n) is 11.0. The molecule has 0 aliphatic rings. The topological polar surface area (TPSA) is 80.7 Å². The Morgan fingerprint density at radius 1 is 0.571 bits per heavy atom. The van der Waals surface area contributed by atoms with E-state index >= 15 is 0 Å². The third-order valence-corrected chi connectivity index (χ3v) is 4.76. The molecule has 5 nitrogen and oxygen atoms in total. The van der Waals surface area contributed by atoms with Crippen molar-refractivity contribution in [3.63, 3.8) is 0 Å². The molecule has 0 aromatic heterocycles. The predicted molar refractivity (Wildman–Crippen MR) is 108 cm³/mol. The fraction of sp³-hybridized carbons (Fsp3) is 0.864. The van der Waals surface area contributed by atoms with Crippen molar-refractivity contribution in [1.82, 2.24) is 0 Å². The van der Waals surface area contributed by atoms with E-state index in [1.165, 1.54) is 77.0 Å². The second-order valence-corrected chi connectivity index (χ2v) is 7.44. The van der Waals surface area contributed by atoms with Gasteiger partial charge in [-0.3, -0.25) is 14.4 Å². The zero-order valence-electron chi connectivity index (χ0n) is 17.7. The zero-order valence-corrected chi connectivity index (χ0v) is 19.9. The van der Waals surface area contributed by atoms with Gasteiger partial charge in [-0.2, -0.15) is 0 Å². The Morgan fingerprint density at radius 3 is 1.32 bits per heavy atom. The van der Waals surface area contributed by atoms with Gasteiger partial charge in [-0.15, -0.1) is 0 Å². The number of carboxylic acids is 1. The summed E-state index contributed by atoms with van der Waals surface area (Å²) in [5.74, 6) is -2.36. The Bertz CT molecular complexity index is 398. The number of unbranched alkanes of at least 4 members (excludes halogenated alkanes) is 14. The maximum Gasteiger partial charge on any atom is 0.314 e. The van der Waals surface area contributed by atoms with Crippen molar-refractivity contribution in [2.75, 3.05) is 0 Å². The summed E-state index contributed by atoms with van der Waals surface area (Å²) in [6.45, 7) is 2.25. The maximum absolute atomic E-state index is 11.4. The summed E-state index contributed by atoms with van der Waals surface area (Å²) in [5, 5.41) is 8.46. The first-order valence-corrected chi connectivity index (χ1v) is 11.0. The molecule has 0 aliphatic heterocycles. The van der Waals surface area contributed by atoms with Gasteiger partial charge in [-0.05, 0) is 6.42 Å². The van der Waals surface area contributed by atoms with Crippen LogP contribution in [0, 0.1) is 39.9 Å². The molecule has 0 saturated carbocycles. The minimum Gasteiger partial charge on any atom is -0.481 e. The Balaban J connectivity index is 0. The van der Waals surface area contributed by atoms with E-state index in [1.807, 2.05) is 0 Å². The normalized spacial score (nSPS) is 10.3. The number of carbonyl (C=O) groups is 3. The summed E-state index contributed by atoms with van der Waals surface area (Å²) in [4.78, 5) is 33.0. The van der Waals surface area contributed by atoms with E-state index in [0.29, 0.717) is 0 Å². The van der Waals surface area contributed by atoms with Gasteiger partial charge in [0.15, 0.2) is 0 Å². The maximum atomic E-state index is 11.4. The largest absolute Gasteiger partial charge is 0.481 e. The molecule has 0 aliphatic carbocycles. The molecule has 0 aromatic carbocycles. The quantitative estimate of drug-likeness (QED) is 0.120. The second kappa shape index (κ2) is 23.2. The van der Waals surface area contributed by atoms with Crippen LogP contribution < -0.4 is 0 Å². The summed E-state index contributed by atoms with van der Waals surface area (Å²) < 4.78 is 4.58. The number of carbonyl (C=O) groups excluding carboxylic acids is 2. The van der Waals surface area contributed by atoms with Crippen LogP contribution in [0.15, 0.2) is 0 Å². The molecule has 1 N–H and O–H groups in total. The molecule has 6 heteroatoms. The summed E-state index contributed by atoms with van der Waals surface area (Å²) >= 11 is 0. The zero-order chi connectivity index (χ0) is 20.2. The molecule has 28 heavy (non-hydrogen) atoms. The molecule has 166 valence electrons. The number of hydrogen-bond donors (Lipinski definition) is 1. The molecule has 0 radical (unpaired) electrons. The van der Waals surface area contributed by atoms with Crippen LogP contribution in [0.25, 0.3) is 0 Å². The van der Waals surface area contributed by atoms with Crippen LogP contribution in [0.3, 0.4) is 0 Å². The third-order valence-electron chi connectivity index (χ3n) is 4.76. The van der Waals surface area contributed by atoms with Crippen LogP contribution >= 0.6 is 0 Å². The van der Waals surface area contributed by atoms with Gasteiger partial charge in [0.2, 0.25) is 0 Å². The molecule has 0 bridgehead atoms. The van der Waals surface area contributed by atoms with E-state index in [0.717, 1.165) is 19.3 Å². The summed E-state index contributed by atoms with van der Waals surface area (Å²) in [6, 6.07) is 0. The van der Waals surface area contributed by atoms with Crippen LogP contribution in [-0.2, 0) is 19.1 Å². The van der Waals surface area contributed by atoms with Crippen molar-refractivity contribution in [1.29, 1.82) is 0 Å². The Morgan fingerprint density at radius 2 is 0.929 bits per heavy atom. The summed E-state index contributed by atoms with van der Waals surface area (Å²) in [7, 11) is 0. The average molecular weight is 542 g/mol. The van der Waals surface area contributed by atoms with E-state index < -0.39 is 17.9 Å². The van der Waals surface area contributed by atoms with Crippen molar-refractivity contribution in [2.45, 2.75) is 122 Å². The van der Waals surface area contributed by atoms with Crippen molar-refractivity contribution in [2.24, 2.45) is 0 Å². The fourth-order valence-electron chi connectivity index (χ4n) is 3.08. The van der Waals surface area contributed by atoms with Crippen molar-refractivity contribution in [3.05, 3.63) is 0 Å². The van der Waals surface area contributed by atoms with E-state index in [4.69, 9.17) is 5.11 Å². The van der Waals surface area contributed by atoms with Gasteiger partial charge >= 0.3 is 17.9 Å². The molecular weight excluding hydrogens is 501 g/mol. The van der Waals surface area contributed by atoms with Crippen molar-refractivity contribution in [3.8, 4) is 0 Å². The van der Waals surface area contributed by atoms with Crippen LogP contribution in [0.5, 0.6) is 0 Å². The van der Waals surface area contributed by atoms with Gasteiger partial charge in [-0.25, -0.2) is 0 Å². The van der Waals surface area contributed by atoms with E-state index in [9.17, 15) is 14.4 Å². The average Bonchev–Trinajstić information content (AvgIpc) is 2.63. The van der Waals surface area contributed by atoms with Gasteiger partial charge in [-0.1, -0.05) is 96.8 Å². The van der Waals surface area contributed by atoms with Gasteiger partial charge < -0.3 is 9.84 Å². The van der Waals surface area contributed by atoms with Gasteiger partial charge in [0.1, 0.15) is 0 Å². The second-order valence-electron chi connectivity index (χ2n) is 7.44. The molecule has 0 aromatic rings. The van der Waals surface area contributed by atoms with E-state index in [1.54, 1.807) is 0 Å². The fourth-order valence-corrected chi connectivity index (χ4v) is 3.08. The minimum absolute atomic E-state index is 0. The summed E-state index contributed by atoms with van der Waals surface area (Å²) in [5.41, 5.74) is 0. The first kappa shape index (κ1) is 30.1. The number of aliphatic carboxylic acids is 1. The molecule has 0 atom stereocenters. The molecule has 0 unspecified atom stereocenters. The van der Waals surface area contributed by atoms with Gasteiger partial charge in [0, 0.05) is 46.4 Å². The Kier molecular flexibility index (Phi) is 25.0.